The molecule has 1 N–H and O–H groups in total. The molecule has 2 aromatic rings. The first-order valence-electron chi connectivity index (χ1n) is 9.62. The molecule has 0 unspecified atom stereocenters. The molecule has 0 atom stereocenters. The van der Waals surface area contributed by atoms with Crippen LogP contribution in [0.15, 0.2) is 48.5 Å². The Bertz CT molecular complexity index is 873. The lowest BCUT2D eigenvalue weighted by Crippen LogP contribution is -2.48. The topological polar surface area (TPSA) is 95.8 Å². The van der Waals surface area contributed by atoms with Gasteiger partial charge in [-0.05, 0) is 29.8 Å². The van der Waals surface area contributed by atoms with Gasteiger partial charge in [0, 0.05) is 56.1 Å². The Morgan fingerprint density at radius 2 is 1.62 bits per heavy atom. The van der Waals surface area contributed by atoms with E-state index in [1.165, 1.54) is 12.1 Å². The zero-order valence-electron chi connectivity index (χ0n) is 16.3. The minimum atomic E-state index is -0.465. The molecule has 0 bridgehead atoms. The molecule has 1 saturated heterocycles. The van der Waals surface area contributed by atoms with Crippen molar-refractivity contribution in [1.82, 2.24) is 4.90 Å². The van der Waals surface area contributed by atoms with E-state index in [4.69, 9.17) is 0 Å². The Morgan fingerprint density at radius 3 is 2.17 bits per heavy atom. The standard InChI is InChI=1S/C21H24N4O4/c1-2-21(27)24-13-11-23(12-14-24)18-9-5-17(6-10-18)22-20(26)15-16-3-7-19(8-4-16)25(28)29/h3-10H,2,11-15H2,1H3,(H,22,26). The van der Waals surface area contributed by atoms with Crippen LogP contribution in [0.1, 0.15) is 18.9 Å². The lowest BCUT2D eigenvalue weighted by Gasteiger charge is -2.36. The summed E-state index contributed by atoms with van der Waals surface area (Å²) in [7, 11) is 0. The summed E-state index contributed by atoms with van der Waals surface area (Å²) in [4.78, 5) is 38.3. The van der Waals surface area contributed by atoms with Gasteiger partial charge in [-0.3, -0.25) is 19.7 Å². The van der Waals surface area contributed by atoms with Crippen molar-refractivity contribution in [2.75, 3.05) is 36.4 Å². The number of nitrogens with one attached hydrogen (secondary N) is 1. The van der Waals surface area contributed by atoms with Crippen molar-refractivity contribution in [3.8, 4) is 0 Å². The van der Waals surface area contributed by atoms with Gasteiger partial charge in [-0.2, -0.15) is 0 Å². The molecule has 1 aliphatic rings. The number of hydrogen-bond donors (Lipinski definition) is 1. The number of benzene rings is 2. The van der Waals surface area contributed by atoms with Gasteiger partial charge in [0.1, 0.15) is 0 Å². The molecular formula is C21H24N4O4. The van der Waals surface area contributed by atoms with E-state index in [-0.39, 0.29) is 23.9 Å². The summed E-state index contributed by atoms with van der Waals surface area (Å²) in [6, 6.07) is 13.6. The SMILES string of the molecule is CCC(=O)N1CCN(c2ccc(NC(=O)Cc3ccc([N+](=O)[O-])cc3)cc2)CC1. The van der Waals surface area contributed by atoms with Crippen LogP contribution in [0, 0.1) is 10.1 Å². The lowest BCUT2D eigenvalue weighted by molar-refractivity contribution is -0.384. The lowest BCUT2D eigenvalue weighted by atomic mass is 10.1. The van der Waals surface area contributed by atoms with Crippen molar-refractivity contribution in [3.63, 3.8) is 0 Å². The number of amides is 2. The summed E-state index contributed by atoms with van der Waals surface area (Å²) in [5.41, 5.74) is 2.47. The molecule has 3 rings (SSSR count). The van der Waals surface area contributed by atoms with Crippen molar-refractivity contribution in [2.45, 2.75) is 19.8 Å². The van der Waals surface area contributed by atoms with E-state index >= 15 is 0 Å². The summed E-state index contributed by atoms with van der Waals surface area (Å²) >= 11 is 0. The molecular weight excluding hydrogens is 372 g/mol. The second-order valence-electron chi connectivity index (χ2n) is 6.92. The smallest absolute Gasteiger partial charge is 0.269 e. The summed E-state index contributed by atoms with van der Waals surface area (Å²) in [5.74, 6) is 0.00836. The summed E-state index contributed by atoms with van der Waals surface area (Å²) < 4.78 is 0. The van der Waals surface area contributed by atoms with Crippen molar-refractivity contribution >= 4 is 28.9 Å². The van der Waals surface area contributed by atoms with Crippen LogP contribution in [0.2, 0.25) is 0 Å². The molecule has 8 heteroatoms. The van der Waals surface area contributed by atoms with Gasteiger partial charge >= 0.3 is 0 Å². The predicted molar refractivity (Wildman–Crippen MR) is 111 cm³/mol. The predicted octanol–water partition coefficient (Wildman–Crippen LogP) is 2.83. The number of rotatable bonds is 6. The normalized spacial score (nSPS) is 13.8. The Kier molecular flexibility index (Phi) is 6.43. The van der Waals surface area contributed by atoms with Crippen molar-refractivity contribution in [2.24, 2.45) is 0 Å². The highest BCUT2D eigenvalue weighted by molar-refractivity contribution is 5.92. The molecule has 1 aliphatic heterocycles. The van der Waals surface area contributed by atoms with E-state index in [1.54, 1.807) is 12.1 Å². The van der Waals surface area contributed by atoms with E-state index in [0.717, 1.165) is 31.9 Å². The Balaban J connectivity index is 1.52. The van der Waals surface area contributed by atoms with Gasteiger partial charge in [-0.25, -0.2) is 0 Å². The maximum atomic E-state index is 12.2. The quantitative estimate of drug-likeness (QED) is 0.598. The van der Waals surface area contributed by atoms with Crippen molar-refractivity contribution in [1.29, 1.82) is 0 Å². The Labute approximate surface area is 169 Å². The second-order valence-corrected chi connectivity index (χ2v) is 6.92. The summed E-state index contributed by atoms with van der Waals surface area (Å²) in [6.45, 7) is 4.90. The summed E-state index contributed by atoms with van der Waals surface area (Å²) in [5, 5.41) is 13.5. The molecule has 2 amide bonds. The molecule has 0 aromatic heterocycles. The molecule has 29 heavy (non-hydrogen) atoms. The number of hydrogen-bond acceptors (Lipinski definition) is 5. The maximum absolute atomic E-state index is 12.2. The van der Waals surface area contributed by atoms with Gasteiger partial charge in [0.05, 0.1) is 11.3 Å². The highest BCUT2D eigenvalue weighted by Crippen LogP contribution is 2.20. The number of nitrogens with zero attached hydrogens (tertiary/aromatic N) is 3. The number of nitro groups is 1. The molecule has 0 spiro atoms. The fraction of sp³-hybridized carbons (Fsp3) is 0.333. The third kappa shape index (κ3) is 5.31. The van der Waals surface area contributed by atoms with Gasteiger partial charge in [-0.15, -0.1) is 0 Å². The average molecular weight is 396 g/mol. The van der Waals surface area contributed by atoms with Gasteiger partial charge in [0.15, 0.2) is 0 Å². The minimum absolute atomic E-state index is 0.00430. The molecule has 8 nitrogen and oxygen atoms in total. The van der Waals surface area contributed by atoms with E-state index < -0.39 is 4.92 Å². The van der Waals surface area contributed by atoms with Crippen LogP contribution >= 0.6 is 0 Å². The average Bonchev–Trinajstić information content (AvgIpc) is 2.74. The van der Waals surface area contributed by atoms with E-state index in [1.807, 2.05) is 36.1 Å². The zero-order valence-corrected chi connectivity index (χ0v) is 16.3. The highest BCUT2D eigenvalue weighted by Gasteiger charge is 2.20. The molecule has 0 aliphatic carbocycles. The Hall–Kier alpha value is -3.42. The molecule has 0 radical (unpaired) electrons. The van der Waals surface area contributed by atoms with Crippen LogP contribution in [0.25, 0.3) is 0 Å². The largest absolute Gasteiger partial charge is 0.368 e. The maximum Gasteiger partial charge on any atom is 0.269 e. The Morgan fingerprint density at radius 1 is 1.00 bits per heavy atom. The molecule has 2 aromatic carbocycles. The van der Waals surface area contributed by atoms with E-state index in [9.17, 15) is 19.7 Å². The third-order valence-electron chi connectivity index (χ3n) is 4.96. The van der Waals surface area contributed by atoms with Crippen molar-refractivity contribution in [3.05, 3.63) is 64.2 Å². The number of non-ortho nitro benzene ring substituents is 1. The second kappa shape index (κ2) is 9.18. The first-order chi connectivity index (χ1) is 14.0. The van der Waals surface area contributed by atoms with E-state index in [2.05, 4.69) is 10.2 Å². The zero-order chi connectivity index (χ0) is 20.8. The van der Waals surface area contributed by atoms with Gasteiger partial charge in [0.25, 0.3) is 5.69 Å². The summed E-state index contributed by atoms with van der Waals surface area (Å²) in [6.07, 6.45) is 0.682. The van der Waals surface area contributed by atoms with Crippen LogP contribution in [-0.2, 0) is 16.0 Å². The molecule has 152 valence electrons. The first-order valence-corrected chi connectivity index (χ1v) is 9.62. The van der Waals surface area contributed by atoms with Crippen LogP contribution in [0.5, 0.6) is 0 Å². The van der Waals surface area contributed by atoms with Crippen LogP contribution in [-0.4, -0.2) is 47.8 Å². The number of nitro benzene ring substituents is 1. The molecule has 1 fully saturated rings. The molecule has 1 heterocycles. The van der Waals surface area contributed by atoms with Gasteiger partial charge in [-0.1, -0.05) is 19.1 Å². The molecule has 0 saturated carbocycles. The third-order valence-corrected chi connectivity index (χ3v) is 4.96. The number of anilines is 2. The van der Waals surface area contributed by atoms with Gasteiger partial charge in [0.2, 0.25) is 11.8 Å². The highest BCUT2D eigenvalue weighted by atomic mass is 16.6. The number of carbonyl (C=O) groups excluding carboxylic acids is 2. The fourth-order valence-corrected chi connectivity index (χ4v) is 3.32. The number of carbonyl (C=O) groups is 2. The van der Waals surface area contributed by atoms with E-state index in [0.29, 0.717) is 17.7 Å². The minimum Gasteiger partial charge on any atom is -0.368 e. The number of piperazine rings is 1. The monoisotopic (exact) mass is 396 g/mol. The van der Waals surface area contributed by atoms with Crippen LogP contribution < -0.4 is 10.2 Å². The van der Waals surface area contributed by atoms with Crippen LogP contribution in [0.4, 0.5) is 17.1 Å². The van der Waals surface area contributed by atoms with Gasteiger partial charge < -0.3 is 15.1 Å². The fourth-order valence-electron chi connectivity index (χ4n) is 3.32. The van der Waals surface area contributed by atoms with Crippen molar-refractivity contribution < 1.29 is 14.5 Å². The van der Waals surface area contributed by atoms with Crippen LogP contribution in [0.3, 0.4) is 0 Å². The first kappa shape index (κ1) is 20.3.